The molecule has 1 aromatic rings. The van der Waals surface area contributed by atoms with E-state index in [9.17, 15) is 0 Å². The van der Waals surface area contributed by atoms with Gasteiger partial charge in [-0.2, -0.15) is 0 Å². The third-order valence-electron chi connectivity index (χ3n) is 3.58. The molecule has 1 heterocycles. The molecule has 2 rings (SSSR count). The maximum atomic E-state index is 5.55. The van der Waals surface area contributed by atoms with Gasteiger partial charge in [0.2, 0.25) is 0 Å². The fraction of sp³-hybridized carbons (Fsp3) is 0.692. The van der Waals surface area contributed by atoms with Crippen LogP contribution in [0.15, 0.2) is 16.5 Å². The van der Waals surface area contributed by atoms with E-state index in [0.717, 1.165) is 18.1 Å². The highest BCUT2D eigenvalue weighted by Crippen LogP contribution is 2.37. The van der Waals surface area contributed by atoms with Crippen LogP contribution in [0.1, 0.15) is 44.6 Å². The summed E-state index contributed by atoms with van der Waals surface area (Å²) in [6.45, 7) is 7.56. The lowest BCUT2D eigenvalue weighted by Gasteiger charge is -2.27. The lowest BCUT2D eigenvalue weighted by Crippen LogP contribution is -2.37. The van der Waals surface area contributed by atoms with Gasteiger partial charge in [-0.1, -0.05) is 20.3 Å². The summed E-state index contributed by atoms with van der Waals surface area (Å²) in [6.07, 6.45) is 3.98. The van der Waals surface area contributed by atoms with Crippen LogP contribution in [-0.4, -0.2) is 6.04 Å². The topological polar surface area (TPSA) is 25.2 Å². The third-order valence-corrected chi connectivity index (χ3v) is 3.58. The molecule has 0 spiro atoms. The third kappa shape index (κ3) is 2.43. The maximum absolute atomic E-state index is 5.55. The Bertz CT molecular complexity index is 327. The Morgan fingerprint density at radius 2 is 2.27 bits per heavy atom. The first-order chi connectivity index (χ1) is 7.08. The molecule has 1 atom stereocenters. The molecular formula is C13H21NO. The van der Waals surface area contributed by atoms with E-state index in [1.807, 2.05) is 13.0 Å². The van der Waals surface area contributed by atoms with Crippen LogP contribution in [0.5, 0.6) is 0 Å². The zero-order chi connectivity index (χ0) is 10.9. The van der Waals surface area contributed by atoms with E-state index in [0.29, 0.717) is 11.5 Å². The Hall–Kier alpha value is -0.760. The number of hydrogen-bond donors (Lipinski definition) is 1. The number of rotatable bonds is 3. The predicted octanol–water partition coefficient (Wildman–Crippen LogP) is 3.26. The number of furan rings is 1. The molecule has 1 N–H and O–H groups in total. The zero-order valence-electron chi connectivity index (χ0n) is 9.97. The Balaban J connectivity index is 1.88. The van der Waals surface area contributed by atoms with Gasteiger partial charge < -0.3 is 9.73 Å². The van der Waals surface area contributed by atoms with E-state index in [-0.39, 0.29) is 0 Å². The molecule has 1 fully saturated rings. The molecule has 0 amide bonds. The van der Waals surface area contributed by atoms with Crippen molar-refractivity contribution in [2.75, 3.05) is 0 Å². The van der Waals surface area contributed by atoms with Crippen LogP contribution in [0, 0.1) is 12.3 Å². The van der Waals surface area contributed by atoms with Crippen molar-refractivity contribution in [3.8, 4) is 0 Å². The summed E-state index contributed by atoms with van der Waals surface area (Å²) < 4.78 is 5.55. The van der Waals surface area contributed by atoms with Crippen molar-refractivity contribution >= 4 is 0 Å². The van der Waals surface area contributed by atoms with Crippen LogP contribution < -0.4 is 5.32 Å². The van der Waals surface area contributed by atoms with Crippen molar-refractivity contribution < 1.29 is 4.42 Å². The van der Waals surface area contributed by atoms with E-state index in [1.165, 1.54) is 19.3 Å². The molecule has 1 unspecified atom stereocenters. The van der Waals surface area contributed by atoms with Crippen molar-refractivity contribution in [3.05, 3.63) is 23.7 Å². The van der Waals surface area contributed by atoms with Gasteiger partial charge in [0.25, 0.3) is 0 Å². The molecule has 1 aliphatic carbocycles. The summed E-state index contributed by atoms with van der Waals surface area (Å²) >= 11 is 0. The molecule has 0 saturated heterocycles. The van der Waals surface area contributed by atoms with Gasteiger partial charge in [0.05, 0.1) is 6.54 Å². The van der Waals surface area contributed by atoms with E-state index in [1.54, 1.807) is 0 Å². The van der Waals surface area contributed by atoms with Gasteiger partial charge in [0.15, 0.2) is 0 Å². The normalized spacial score (nSPS) is 24.6. The minimum absolute atomic E-state index is 0.446. The fourth-order valence-corrected chi connectivity index (χ4v) is 2.51. The highest BCUT2D eigenvalue weighted by Gasteiger charge is 2.33. The minimum Gasteiger partial charge on any atom is -0.465 e. The fourth-order valence-electron chi connectivity index (χ4n) is 2.51. The maximum Gasteiger partial charge on any atom is 0.117 e. The van der Waals surface area contributed by atoms with Crippen molar-refractivity contribution in [3.63, 3.8) is 0 Å². The second-order valence-electron chi connectivity index (χ2n) is 5.33. The molecule has 15 heavy (non-hydrogen) atoms. The van der Waals surface area contributed by atoms with Crippen LogP contribution in [0.25, 0.3) is 0 Å². The highest BCUT2D eigenvalue weighted by atomic mass is 16.3. The summed E-state index contributed by atoms with van der Waals surface area (Å²) in [5.41, 5.74) is 0.446. The van der Waals surface area contributed by atoms with E-state index in [4.69, 9.17) is 4.42 Å². The van der Waals surface area contributed by atoms with Crippen molar-refractivity contribution in [2.45, 2.75) is 52.6 Å². The van der Waals surface area contributed by atoms with Gasteiger partial charge >= 0.3 is 0 Å². The number of hydrogen-bond acceptors (Lipinski definition) is 2. The first-order valence-corrected chi connectivity index (χ1v) is 5.87. The summed E-state index contributed by atoms with van der Waals surface area (Å²) in [5.74, 6) is 2.05. The van der Waals surface area contributed by atoms with E-state index in [2.05, 4.69) is 25.2 Å². The lowest BCUT2D eigenvalue weighted by molar-refractivity contribution is 0.275. The average Bonchev–Trinajstić information content (AvgIpc) is 2.69. The molecule has 0 aromatic carbocycles. The largest absolute Gasteiger partial charge is 0.465 e. The lowest BCUT2D eigenvalue weighted by atomic mass is 9.87. The molecule has 1 aliphatic rings. The molecule has 84 valence electrons. The van der Waals surface area contributed by atoms with Gasteiger partial charge in [0, 0.05) is 6.04 Å². The minimum atomic E-state index is 0.446. The first-order valence-electron chi connectivity index (χ1n) is 5.87. The second-order valence-corrected chi connectivity index (χ2v) is 5.33. The molecular weight excluding hydrogens is 186 g/mol. The van der Waals surface area contributed by atoms with Gasteiger partial charge in [-0.15, -0.1) is 0 Å². The van der Waals surface area contributed by atoms with Crippen LogP contribution in [0.2, 0.25) is 0 Å². The predicted molar refractivity (Wildman–Crippen MR) is 61.7 cm³/mol. The van der Waals surface area contributed by atoms with Crippen molar-refractivity contribution in [1.82, 2.24) is 5.32 Å². The SMILES string of the molecule is Cc1ccc(CNC2CCCC2(C)C)o1. The molecule has 2 heteroatoms. The summed E-state index contributed by atoms with van der Waals surface area (Å²) in [7, 11) is 0. The molecule has 2 nitrogen and oxygen atoms in total. The summed E-state index contributed by atoms with van der Waals surface area (Å²) in [5, 5.41) is 3.61. The van der Waals surface area contributed by atoms with Gasteiger partial charge in [-0.05, 0) is 37.3 Å². The standard InChI is InChI=1S/C13H21NO/c1-10-6-7-11(15-10)9-14-12-5-4-8-13(12,2)3/h6-7,12,14H,4-5,8-9H2,1-3H3. The number of nitrogens with one attached hydrogen (secondary N) is 1. The average molecular weight is 207 g/mol. The van der Waals surface area contributed by atoms with Gasteiger partial charge in [-0.25, -0.2) is 0 Å². The Kier molecular flexibility index (Phi) is 2.87. The first kappa shape index (κ1) is 10.7. The van der Waals surface area contributed by atoms with Gasteiger partial charge in [-0.3, -0.25) is 0 Å². The molecule has 0 bridgehead atoms. The van der Waals surface area contributed by atoms with Gasteiger partial charge in [0.1, 0.15) is 11.5 Å². The smallest absolute Gasteiger partial charge is 0.117 e. The Morgan fingerprint density at radius 3 is 2.80 bits per heavy atom. The molecule has 1 aromatic heterocycles. The second kappa shape index (κ2) is 4.01. The van der Waals surface area contributed by atoms with Crippen LogP contribution in [0.3, 0.4) is 0 Å². The number of aryl methyl sites for hydroxylation is 1. The van der Waals surface area contributed by atoms with Crippen LogP contribution >= 0.6 is 0 Å². The Morgan fingerprint density at radius 1 is 1.47 bits per heavy atom. The monoisotopic (exact) mass is 207 g/mol. The van der Waals surface area contributed by atoms with Crippen molar-refractivity contribution in [1.29, 1.82) is 0 Å². The molecule has 0 radical (unpaired) electrons. The molecule has 1 saturated carbocycles. The highest BCUT2D eigenvalue weighted by molar-refractivity contribution is 5.05. The van der Waals surface area contributed by atoms with E-state index < -0.39 is 0 Å². The van der Waals surface area contributed by atoms with Crippen molar-refractivity contribution in [2.24, 2.45) is 5.41 Å². The molecule has 0 aliphatic heterocycles. The van der Waals surface area contributed by atoms with Crippen LogP contribution in [0.4, 0.5) is 0 Å². The zero-order valence-corrected chi connectivity index (χ0v) is 9.97. The summed E-state index contributed by atoms with van der Waals surface area (Å²) in [4.78, 5) is 0. The summed E-state index contributed by atoms with van der Waals surface area (Å²) in [6, 6.07) is 4.73. The van der Waals surface area contributed by atoms with E-state index >= 15 is 0 Å². The quantitative estimate of drug-likeness (QED) is 0.823. The Labute approximate surface area is 92.1 Å². The van der Waals surface area contributed by atoms with Crippen LogP contribution in [-0.2, 0) is 6.54 Å².